The molecule has 0 aromatic heterocycles. The standard InChI is InChI=1S/C18H20BNO6/c20-7-2-8-24-11-3-1-4-12(9-11)25-14-6-5-13-15(10-16(21)22)26-19-17(13)18(14)23/h1,3-6,9,15,19,23H,2,7-8,10,20H2,(H,21,22)/t15-/m1/s1. The van der Waals surface area contributed by atoms with Gasteiger partial charge in [-0.15, -0.1) is 0 Å². The fourth-order valence-corrected chi connectivity index (χ4v) is 2.80. The summed E-state index contributed by atoms with van der Waals surface area (Å²) in [6.07, 6.45) is 0.0602. The van der Waals surface area contributed by atoms with E-state index in [0.717, 1.165) is 6.42 Å². The normalized spacial score (nSPS) is 15.2. The molecule has 8 heteroatoms. The van der Waals surface area contributed by atoms with Gasteiger partial charge in [0.1, 0.15) is 11.5 Å². The molecule has 4 N–H and O–H groups in total. The summed E-state index contributed by atoms with van der Waals surface area (Å²) in [6.45, 7) is 1.08. The minimum absolute atomic E-state index is 0.0372. The van der Waals surface area contributed by atoms with Gasteiger partial charge in [-0.2, -0.15) is 0 Å². The Hall–Kier alpha value is -2.71. The van der Waals surface area contributed by atoms with Gasteiger partial charge in [-0.05, 0) is 42.2 Å². The van der Waals surface area contributed by atoms with Crippen molar-refractivity contribution in [2.45, 2.75) is 18.9 Å². The van der Waals surface area contributed by atoms with Crippen LogP contribution in [0, 0.1) is 0 Å². The second-order valence-corrected chi connectivity index (χ2v) is 5.95. The number of phenolic OH excluding ortho intramolecular Hbond substituents is 1. The second kappa shape index (κ2) is 8.12. The summed E-state index contributed by atoms with van der Waals surface area (Å²) in [6, 6.07) is 10.4. The van der Waals surface area contributed by atoms with Crippen LogP contribution >= 0.6 is 0 Å². The number of hydrogen-bond donors (Lipinski definition) is 3. The first-order valence-electron chi connectivity index (χ1n) is 8.37. The maximum atomic E-state index is 10.9. The van der Waals surface area contributed by atoms with Gasteiger partial charge in [0, 0.05) is 6.07 Å². The number of rotatable bonds is 8. The molecule has 1 atom stereocenters. The first-order valence-corrected chi connectivity index (χ1v) is 8.37. The molecule has 0 amide bonds. The molecule has 0 saturated carbocycles. The Balaban J connectivity index is 1.75. The Morgan fingerprint density at radius 2 is 2.08 bits per heavy atom. The fraction of sp³-hybridized carbons (Fsp3) is 0.278. The van der Waals surface area contributed by atoms with Crippen LogP contribution in [-0.2, 0) is 9.45 Å². The number of nitrogens with two attached hydrogens (primary N) is 1. The lowest BCUT2D eigenvalue weighted by molar-refractivity contribution is -0.138. The van der Waals surface area contributed by atoms with Crippen LogP contribution in [0.5, 0.6) is 23.0 Å². The molecule has 1 heterocycles. The Morgan fingerprint density at radius 3 is 2.85 bits per heavy atom. The quantitative estimate of drug-likeness (QED) is 0.484. The number of aliphatic carboxylic acids is 1. The van der Waals surface area contributed by atoms with Gasteiger partial charge in [0.2, 0.25) is 0 Å². The van der Waals surface area contributed by atoms with E-state index in [2.05, 4.69) is 0 Å². The van der Waals surface area contributed by atoms with Crippen LogP contribution in [0.1, 0.15) is 24.5 Å². The number of aromatic hydroxyl groups is 1. The molecule has 2 aromatic rings. The van der Waals surface area contributed by atoms with Crippen molar-refractivity contribution < 1.29 is 29.1 Å². The van der Waals surface area contributed by atoms with Crippen LogP contribution in [0.2, 0.25) is 0 Å². The van der Waals surface area contributed by atoms with E-state index < -0.39 is 12.1 Å². The molecule has 2 aromatic carbocycles. The van der Waals surface area contributed by atoms with Crippen molar-refractivity contribution >= 4 is 18.9 Å². The molecule has 136 valence electrons. The van der Waals surface area contributed by atoms with E-state index in [1.54, 1.807) is 30.3 Å². The molecule has 0 aliphatic carbocycles. The molecular weight excluding hydrogens is 337 g/mol. The van der Waals surface area contributed by atoms with Gasteiger partial charge >= 0.3 is 13.5 Å². The van der Waals surface area contributed by atoms with Gasteiger partial charge < -0.3 is 30.1 Å². The molecule has 0 radical (unpaired) electrons. The lowest BCUT2D eigenvalue weighted by atomic mass is 9.85. The van der Waals surface area contributed by atoms with E-state index in [1.165, 1.54) is 0 Å². The number of phenols is 1. The summed E-state index contributed by atoms with van der Waals surface area (Å²) in [5, 5.41) is 19.4. The number of benzene rings is 2. The summed E-state index contributed by atoms with van der Waals surface area (Å²) in [4.78, 5) is 10.9. The van der Waals surface area contributed by atoms with E-state index >= 15 is 0 Å². The minimum atomic E-state index is -0.950. The molecule has 1 aliphatic rings. The molecule has 0 bridgehead atoms. The number of carbonyl (C=O) groups is 1. The monoisotopic (exact) mass is 357 g/mol. The number of carboxylic acid groups (broad SMARTS) is 1. The Morgan fingerprint density at radius 1 is 1.27 bits per heavy atom. The SMILES string of the molecule is NCCCOc1cccc(Oc2ccc3c(c2O)BO[C@@H]3CC(=O)O)c1. The molecular formula is C18H20BNO6. The van der Waals surface area contributed by atoms with Crippen LogP contribution in [0.3, 0.4) is 0 Å². The Labute approximate surface area is 151 Å². The topological polar surface area (TPSA) is 111 Å². The van der Waals surface area contributed by atoms with E-state index in [-0.39, 0.29) is 25.4 Å². The highest BCUT2D eigenvalue weighted by Gasteiger charge is 2.30. The van der Waals surface area contributed by atoms with E-state index in [0.29, 0.717) is 35.7 Å². The zero-order chi connectivity index (χ0) is 18.5. The maximum Gasteiger partial charge on any atom is 0.313 e. The summed E-state index contributed by atoms with van der Waals surface area (Å²) < 4.78 is 16.8. The smallest absolute Gasteiger partial charge is 0.313 e. The molecule has 1 aliphatic heterocycles. The number of ether oxygens (including phenoxy) is 2. The van der Waals surface area contributed by atoms with Gasteiger partial charge in [-0.1, -0.05) is 12.1 Å². The average molecular weight is 357 g/mol. The highest BCUT2D eigenvalue weighted by molar-refractivity contribution is 6.50. The van der Waals surface area contributed by atoms with Crippen LogP contribution < -0.4 is 20.7 Å². The molecule has 0 unspecified atom stereocenters. The van der Waals surface area contributed by atoms with Gasteiger partial charge in [0.25, 0.3) is 0 Å². The van der Waals surface area contributed by atoms with Gasteiger partial charge in [0.15, 0.2) is 11.5 Å². The summed E-state index contributed by atoms with van der Waals surface area (Å²) in [7, 11) is 0.151. The van der Waals surface area contributed by atoms with Gasteiger partial charge in [-0.3, -0.25) is 4.79 Å². The first-order chi connectivity index (χ1) is 12.6. The third-order valence-electron chi connectivity index (χ3n) is 4.07. The van der Waals surface area contributed by atoms with E-state index in [9.17, 15) is 9.90 Å². The third-order valence-corrected chi connectivity index (χ3v) is 4.07. The lowest BCUT2D eigenvalue weighted by Crippen LogP contribution is -2.12. The first kappa shape index (κ1) is 18.1. The molecule has 3 rings (SSSR count). The van der Waals surface area contributed by atoms with Crippen molar-refractivity contribution in [3.8, 4) is 23.0 Å². The van der Waals surface area contributed by atoms with E-state index in [4.69, 9.17) is 25.0 Å². The third kappa shape index (κ3) is 4.09. The van der Waals surface area contributed by atoms with Crippen molar-refractivity contribution in [2.75, 3.05) is 13.2 Å². The Kier molecular flexibility index (Phi) is 5.65. The number of carboxylic acids is 1. The molecule has 0 fully saturated rings. The zero-order valence-electron chi connectivity index (χ0n) is 14.2. The van der Waals surface area contributed by atoms with Crippen LogP contribution in [0.15, 0.2) is 36.4 Å². The molecule has 0 saturated heterocycles. The largest absolute Gasteiger partial charge is 0.505 e. The maximum absolute atomic E-state index is 10.9. The summed E-state index contributed by atoms with van der Waals surface area (Å²) in [5.74, 6) is 0.467. The minimum Gasteiger partial charge on any atom is -0.505 e. The van der Waals surface area contributed by atoms with Crippen molar-refractivity contribution in [3.63, 3.8) is 0 Å². The highest BCUT2D eigenvalue weighted by atomic mass is 16.5. The molecule has 26 heavy (non-hydrogen) atoms. The molecule has 0 spiro atoms. The molecule has 7 nitrogen and oxygen atoms in total. The highest BCUT2D eigenvalue weighted by Crippen LogP contribution is 2.36. The van der Waals surface area contributed by atoms with Crippen molar-refractivity contribution in [2.24, 2.45) is 5.73 Å². The Bertz CT molecular complexity index is 797. The number of fused-ring (bicyclic) bond motifs is 1. The van der Waals surface area contributed by atoms with Gasteiger partial charge in [0.05, 0.1) is 19.1 Å². The summed E-state index contributed by atoms with van der Waals surface area (Å²) in [5.41, 5.74) is 6.68. The lowest BCUT2D eigenvalue weighted by Gasteiger charge is -2.13. The van der Waals surface area contributed by atoms with Crippen LogP contribution in [0.4, 0.5) is 0 Å². The summed E-state index contributed by atoms with van der Waals surface area (Å²) >= 11 is 0. The van der Waals surface area contributed by atoms with Gasteiger partial charge in [-0.25, -0.2) is 0 Å². The number of hydrogen-bond acceptors (Lipinski definition) is 6. The van der Waals surface area contributed by atoms with Crippen LogP contribution in [0.25, 0.3) is 0 Å². The van der Waals surface area contributed by atoms with Crippen molar-refractivity contribution in [1.29, 1.82) is 0 Å². The van der Waals surface area contributed by atoms with Crippen LogP contribution in [-0.4, -0.2) is 36.8 Å². The van der Waals surface area contributed by atoms with E-state index in [1.807, 2.05) is 6.07 Å². The average Bonchev–Trinajstić information content (AvgIpc) is 3.01. The second-order valence-electron chi connectivity index (χ2n) is 5.95. The zero-order valence-corrected chi connectivity index (χ0v) is 14.2. The predicted molar refractivity (Wildman–Crippen MR) is 96.7 cm³/mol. The van der Waals surface area contributed by atoms with Crippen molar-refractivity contribution in [1.82, 2.24) is 0 Å². The van der Waals surface area contributed by atoms with Crippen molar-refractivity contribution in [3.05, 3.63) is 42.0 Å². The predicted octanol–water partition coefficient (Wildman–Crippen LogP) is 1.43. The fourth-order valence-electron chi connectivity index (χ4n) is 2.80.